The van der Waals surface area contributed by atoms with Crippen molar-refractivity contribution in [3.05, 3.63) is 35.9 Å². The molecule has 2 N–H and O–H groups in total. The standard InChI is InChI=1S/C15H20O6/c1-10(17)21-13-9-19-12(7-16)14(18)15(13)20-8-11-5-3-2-4-6-11/h2-6,12-16,18H,7-9H2,1H3/t12?,13?,14-,15+/m1/s1. The van der Waals surface area contributed by atoms with Crippen LogP contribution in [0.1, 0.15) is 12.5 Å². The number of hydrogen-bond donors (Lipinski definition) is 2. The largest absolute Gasteiger partial charge is 0.457 e. The molecular weight excluding hydrogens is 276 g/mol. The first-order valence-corrected chi connectivity index (χ1v) is 6.85. The van der Waals surface area contributed by atoms with E-state index in [9.17, 15) is 15.0 Å². The number of esters is 1. The third-order valence-electron chi connectivity index (χ3n) is 3.34. The van der Waals surface area contributed by atoms with E-state index in [1.165, 1.54) is 6.92 Å². The number of hydrogen-bond acceptors (Lipinski definition) is 6. The average Bonchev–Trinajstić information content (AvgIpc) is 2.47. The number of ether oxygens (including phenoxy) is 3. The maximum absolute atomic E-state index is 11.1. The minimum atomic E-state index is -1.06. The molecule has 21 heavy (non-hydrogen) atoms. The molecule has 1 aliphatic heterocycles. The van der Waals surface area contributed by atoms with E-state index in [4.69, 9.17) is 14.2 Å². The van der Waals surface area contributed by atoms with Gasteiger partial charge in [-0.25, -0.2) is 0 Å². The van der Waals surface area contributed by atoms with Crippen molar-refractivity contribution >= 4 is 5.97 Å². The van der Waals surface area contributed by atoms with Crippen LogP contribution in [-0.4, -0.2) is 53.8 Å². The van der Waals surface area contributed by atoms with Gasteiger partial charge in [-0.05, 0) is 5.56 Å². The molecule has 6 heteroatoms. The van der Waals surface area contributed by atoms with Crippen molar-refractivity contribution < 1.29 is 29.2 Å². The van der Waals surface area contributed by atoms with E-state index >= 15 is 0 Å². The second kappa shape index (κ2) is 7.51. The smallest absolute Gasteiger partial charge is 0.303 e. The van der Waals surface area contributed by atoms with Crippen LogP contribution in [0.25, 0.3) is 0 Å². The van der Waals surface area contributed by atoms with E-state index in [2.05, 4.69) is 0 Å². The zero-order valence-corrected chi connectivity index (χ0v) is 11.8. The monoisotopic (exact) mass is 296 g/mol. The van der Waals surface area contributed by atoms with Crippen LogP contribution in [0.2, 0.25) is 0 Å². The van der Waals surface area contributed by atoms with Gasteiger partial charge in [0.25, 0.3) is 0 Å². The van der Waals surface area contributed by atoms with Crippen LogP contribution in [0.4, 0.5) is 0 Å². The first kappa shape index (κ1) is 15.9. The molecule has 0 aliphatic carbocycles. The lowest BCUT2D eigenvalue weighted by Gasteiger charge is -2.38. The summed E-state index contributed by atoms with van der Waals surface area (Å²) in [5.74, 6) is -0.466. The van der Waals surface area contributed by atoms with Crippen LogP contribution in [0.3, 0.4) is 0 Å². The van der Waals surface area contributed by atoms with Crippen molar-refractivity contribution in [3.8, 4) is 0 Å². The molecule has 0 saturated carbocycles. The molecule has 116 valence electrons. The Morgan fingerprint density at radius 2 is 2.10 bits per heavy atom. The summed E-state index contributed by atoms with van der Waals surface area (Å²) in [5, 5.41) is 19.4. The molecule has 0 bridgehead atoms. The Morgan fingerprint density at radius 1 is 1.38 bits per heavy atom. The molecule has 0 radical (unpaired) electrons. The van der Waals surface area contributed by atoms with Crippen molar-refractivity contribution in [2.45, 2.75) is 37.9 Å². The minimum absolute atomic E-state index is 0.0846. The second-order valence-electron chi connectivity index (χ2n) is 4.95. The zero-order chi connectivity index (χ0) is 15.2. The molecule has 2 unspecified atom stereocenters. The minimum Gasteiger partial charge on any atom is -0.457 e. The lowest BCUT2D eigenvalue weighted by Crippen LogP contribution is -2.56. The lowest BCUT2D eigenvalue weighted by atomic mass is 10.00. The number of carbonyl (C=O) groups excluding carboxylic acids is 1. The zero-order valence-electron chi connectivity index (χ0n) is 11.8. The summed E-state index contributed by atoms with van der Waals surface area (Å²) in [7, 11) is 0. The number of carbonyl (C=O) groups is 1. The predicted octanol–water partition coefficient (Wildman–Crippen LogP) is 0.255. The van der Waals surface area contributed by atoms with Crippen LogP contribution in [0.15, 0.2) is 30.3 Å². The number of aliphatic hydroxyl groups is 2. The lowest BCUT2D eigenvalue weighted by molar-refractivity contribution is -0.224. The maximum Gasteiger partial charge on any atom is 0.303 e. The summed E-state index contributed by atoms with van der Waals surface area (Å²) in [5.41, 5.74) is 0.943. The summed E-state index contributed by atoms with van der Waals surface area (Å²) in [6.45, 7) is 1.33. The fourth-order valence-corrected chi connectivity index (χ4v) is 2.29. The molecule has 0 spiro atoms. The first-order chi connectivity index (χ1) is 10.1. The second-order valence-corrected chi connectivity index (χ2v) is 4.95. The Hall–Kier alpha value is -1.47. The Bertz CT molecular complexity index is 449. The van der Waals surface area contributed by atoms with Gasteiger partial charge in [0.2, 0.25) is 0 Å². The van der Waals surface area contributed by atoms with Gasteiger partial charge < -0.3 is 24.4 Å². The Kier molecular flexibility index (Phi) is 5.69. The van der Waals surface area contributed by atoms with Gasteiger partial charge in [0.15, 0.2) is 6.10 Å². The molecule has 1 fully saturated rings. The highest BCUT2D eigenvalue weighted by molar-refractivity contribution is 5.66. The predicted molar refractivity (Wildman–Crippen MR) is 73.4 cm³/mol. The van der Waals surface area contributed by atoms with E-state index in [-0.39, 0.29) is 19.8 Å². The van der Waals surface area contributed by atoms with Gasteiger partial charge in [0.1, 0.15) is 18.3 Å². The topological polar surface area (TPSA) is 85.2 Å². The number of rotatable bonds is 5. The molecule has 1 heterocycles. The SMILES string of the molecule is CC(=O)OC1COC(CO)[C@@H](O)[C@H]1OCc1ccccc1. The van der Waals surface area contributed by atoms with Gasteiger partial charge in [-0.2, -0.15) is 0 Å². The normalized spacial score (nSPS) is 29.1. The molecule has 0 aromatic heterocycles. The average molecular weight is 296 g/mol. The van der Waals surface area contributed by atoms with Crippen LogP contribution in [0.5, 0.6) is 0 Å². The van der Waals surface area contributed by atoms with Gasteiger partial charge in [0.05, 0.1) is 19.8 Å². The summed E-state index contributed by atoms with van der Waals surface area (Å²) >= 11 is 0. The highest BCUT2D eigenvalue weighted by Crippen LogP contribution is 2.22. The van der Waals surface area contributed by atoms with Crippen molar-refractivity contribution in [3.63, 3.8) is 0 Å². The van der Waals surface area contributed by atoms with E-state index in [1.807, 2.05) is 30.3 Å². The maximum atomic E-state index is 11.1. The van der Waals surface area contributed by atoms with Crippen LogP contribution >= 0.6 is 0 Å². The van der Waals surface area contributed by atoms with Crippen molar-refractivity contribution in [2.75, 3.05) is 13.2 Å². The first-order valence-electron chi connectivity index (χ1n) is 6.85. The summed E-state index contributed by atoms with van der Waals surface area (Å²) in [4.78, 5) is 11.1. The van der Waals surface area contributed by atoms with E-state index in [0.29, 0.717) is 0 Å². The quantitative estimate of drug-likeness (QED) is 0.758. The molecular formula is C15H20O6. The van der Waals surface area contributed by atoms with E-state index < -0.39 is 30.4 Å². The summed E-state index contributed by atoms with van der Waals surface area (Å²) in [6, 6.07) is 9.47. The molecule has 1 aromatic rings. The Morgan fingerprint density at radius 3 is 2.71 bits per heavy atom. The molecule has 0 amide bonds. The molecule has 1 aromatic carbocycles. The fraction of sp³-hybridized carbons (Fsp3) is 0.533. The third kappa shape index (κ3) is 4.25. The Labute approximate surface area is 123 Å². The molecule has 1 aliphatic rings. The number of benzene rings is 1. The van der Waals surface area contributed by atoms with Gasteiger partial charge in [-0.3, -0.25) is 4.79 Å². The van der Waals surface area contributed by atoms with Gasteiger partial charge in [-0.15, -0.1) is 0 Å². The molecule has 4 atom stereocenters. The van der Waals surface area contributed by atoms with Crippen LogP contribution < -0.4 is 0 Å². The van der Waals surface area contributed by atoms with Gasteiger partial charge in [0, 0.05) is 6.92 Å². The van der Waals surface area contributed by atoms with Crippen LogP contribution in [0, 0.1) is 0 Å². The van der Waals surface area contributed by atoms with Gasteiger partial charge in [-0.1, -0.05) is 30.3 Å². The van der Waals surface area contributed by atoms with Gasteiger partial charge >= 0.3 is 5.97 Å². The fourth-order valence-electron chi connectivity index (χ4n) is 2.29. The highest BCUT2D eigenvalue weighted by Gasteiger charge is 2.41. The van der Waals surface area contributed by atoms with E-state index in [0.717, 1.165) is 5.56 Å². The summed E-state index contributed by atoms with van der Waals surface area (Å²) < 4.78 is 16.1. The number of aliphatic hydroxyl groups excluding tert-OH is 2. The van der Waals surface area contributed by atoms with E-state index in [1.54, 1.807) is 0 Å². The Balaban J connectivity index is 2.03. The molecule has 6 nitrogen and oxygen atoms in total. The van der Waals surface area contributed by atoms with Crippen LogP contribution in [-0.2, 0) is 25.6 Å². The third-order valence-corrected chi connectivity index (χ3v) is 3.34. The van der Waals surface area contributed by atoms with Crippen molar-refractivity contribution in [1.29, 1.82) is 0 Å². The molecule has 1 saturated heterocycles. The molecule has 2 rings (SSSR count). The van der Waals surface area contributed by atoms with Crippen molar-refractivity contribution in [2.24, 2.45) is 0 Å². The summed E-state index contributed by atoms with van der Waals surface area (Å²) in [6.07, 6.45) is -3.22. The highest BCUT2D eigenvalue weighted by atomic mass is 16.6. The van der Waals surface area contributed by atoms with Crippen molar-refractivity contribution in [1.82, 2.24) is 0 Å².